The Labute approximate surface area is 212 Å². The second-order valence-corrected chi connectivity index (χ2v) is 11.8. The zero-order valence-corrected chi connectivity index (χ0v) is 22.4. The van der Waals surface area contributed by atoms with E-state index in [1.54, 1.807) is 32.9 Å². The highest BCUT2D eigenvalue weighted by atomic mass is 32.2. The Balaban J connectivity index is 2.13. The summed E-state index contributed by atoms with van der Waals surface area (Å²) in [5, 5.41) is 22.9. The standard InChI is InChI=1S/C27H35FO7S/c1-7-12-36(31,32)35-19-10-11-20(23(14-19)33-6)24-21(27(5,30)16-26(3,4)25(24)29)15-34-22-13-18(28)9-8-17(22)2/h8-11,13-14,25,29-30H,7,12,15-16H2,1-6H3. The number of hydrogen-bond acceptors (Lipinski definition) is 7. The first-order valence-corrected chi connectivity index (χ1v) is 13.4. The number of halogens is 1. The minimum Gasteiger partial charge on any atom is -0.496 e. The molecule has 2 N–H and O–H groups in total. The van der Waals surface area contributed by atoms with E-state index >= 15 is 0 Å². The summed E-state index contributed by atoms with van der Waals surface area (Å²) < 4.78 is 54.8. The van der Waals surface area contributed by atoms with Crippen LogP contribution in [-0.2, 0) is 10.1 Å². The molecule has 1 aliphatic rings. The number of ether oxygens (including phenoxy) is 2. The molecule has 0 amide bonds. The van der Waals surface area contributed by atoms with Gasteiger partial charge in [0.2, 0.25) is 0 Å². The molecule has 2 aromatic carbocycles. The van der Waals surface area contributed by atoms with E-state index in [0.29, 0.717) is 28.9 Å². The maximum atomic E-state index is 13.8. The molecule has 2 unspecified atom stereocenters. The minimum absolute atomic E-state index is 0.0779. The van der Waals surface area contributed by atoms with Gasteiger partial charge in [-0.1, -0.05) is 26.8 Å². The molecular formula is C27H35FO7S. The normalized spacial score (nSPS) is 21.9. The summed E-state index contributed by atoms with van der Waals surface area (Å²) in [5.41, 5.74) is -0.0464. The maximum absolute atomic E-state index is 13.8. The topological polar surface area (TPSA) is 102 Å². The Morgan fingerprint density at radius 3 is 2.44 bits per heavy atom. The molecule has 0 fully saturated rings. The van der Waals surface area contributed by atoms with Gasteiger partial charge in [-0.25, -0.2) is 4.39 Å². The van der Waals surface area contributed by atoms with Crippen molar-refractivity contribution in [3.63, 3.8) is 0 Å². The van der Waals surface area contributed by atoms with Crippen LogP contribution in [0.2, 0.25) is 0 Å². The SMILES string of the molecule is CCCS(=O)(=O)Oc1ccc(C2=C(COc3cc(F)ccc3C)C(C)(O)CC(C)(C)C2O)c(OC)c1. The number of aliphatic hydroxyl groups is 2. The van der Waals surface area contributed by atoms with E-state index in [9.17, 15) is 23.0 Å². The van der Waals surface area contributed by atoms with Gasteiger partial charge >= 0.3 is 10.1 Å². The molecule has 9 heteroatoms. The number of hydrogen-bond donors (Lipinski definition) is 2. The lowest BCUT2D eigenvalue weighted by molar-refractivity contribution is -0.0159. The highest BCUT2D eigenvalue weighted by Gasteiger charge is 2.47. The van der Waals surface area contributed by atoms with Crippen molar-refractivity contribution in [1.29, 1.82) is 0 Å². The third-order valence-electron chi connectivity index (χ3n) is 6.45. The quantitative estimate of drug-likeness (QED) is 0.463. The first kappa shape index (κ1) is 28.0. The van der Waals surface area contributed by atoms with Gasteiger partial charge < -0.3 is 23.9 Å². The van der Waals surface area contributed by atoms with Gasteiger partial charge in [0.05, 0.1) is 24.6 Å². The van der Waals surface area contributed by atoms with Crippen LogP contribution < -0.4 is 13.7 Å². The van der Waals surface area contributed by atoms with Gasteiger partial charge in [0.15, 0.2) is 0 Å². The second kappa shape index (κ2) is 10.4. The summed E-state index contributed by atoms with van der Waals surface area (Å²) in [7, 11) is -2.34. The predicted octanol–water partition coefficient (Wildman–Crippen LogP) is 4.64. The van der Waals surface area contributed by atoms with Crippen LogP contribution in [0.15, 0.2) is 42.0 Å². The van der Waals surface area contributed by atoms with E-state index < -0.39 is 33.1 Å². The average molecular weight is 523 g/mol. The van der Waals surface area contributed by atoms with Crippen molar-refractivity contribution in [3.05, 3.63) is 58.9 Å². The summed E-state index contributed by atoms with van der Waals surface area (Å²) in [6, 6.07) is 8.73. The number of benzene rings is 2. The van der Waals surface area contributed by atoms with Gasteiger partial charge in [-0.2, -0.15) is 8.42 Å². The fourth-order valence-corrected chi connectivity index (χ4v) is 5.72. The van der Waals surface area contributed by atoms with Crippen molar-refractivity contribution >= 4 is 15.7 Å². The van der Waals surface area contributed by atoms with Crippen LogP contribution in [0.1, 0.15) is 51.7 Å². The molecule has 36 heavy (non-hydrogen) atoms. The lowest BCUT2D eigenvalue weighted by Gasteiger charge is -2.46. The monoisotopic (exact) mass is 522 g/mol. The largest absolute Gasteiger partial charge is 0.496 e. The molecule has 198 valence electrons. The summed E-state index contributed by atoms with van der Waals surface area (Å²) in [6.07, 6.45) is -0.339. The molecule has 7 nitrogen and oxygen atoms in total. The van der Waals surface area contributed by atoms with Crippen LogP contribution in [0, 0.1) is 18.2 Å². The molecule has 0 bridgehead atoms. The van der Waals surface area contributed by atoms with Crippen LogP contribution in [0.25, 0.3) is 5.57 Å². The van der Waals surface area contributed by atoms with Crippen molar-refractivity contribution < 1.29 is 36.7 Å². The molecule has 0 spiro atoms. The van der Waals surface area contributed by atoms with Crippen LogP contribution in [-0.4, -0.2) is 49.8 Å². The van der Waals surface area contributed by atoms with Gasteiger partial charge in [-0.15, -0.1) is 0 Å². The molecule has 0 heterocycles. The molecule has 0 saturated carbocycles. The number of rotatable bonds is 9. The zero-order chi connectivity index (χ0) is 26.9. The Hall–Kier alpha value is -2.62. The summed E-state index contributed by atoms with van der Waals surface area (Å²) in [4.78, 5) is 0. The van der Waals surface area contributed by atoms with E-state index in [-0.39, 0.29) is 30.3 Å². The highest BCUT2D eigenvalue weighted by Crippen LogP contribution is 2.50. The fourth-order valence-electron chi connectivity index (χ4n) is 4.74. The summed E-state index contributed by atoms with van der Waals surface area (Å²) in [5.74, 6) is 0.0970. The van der Waals surface area contributed by atoms with Crippen molar-refractivity contribution in [1.82, 2.24) is 0 Å². The summed E-state index contributed by atoms with van der Waals surface area (Å²) >= 11 is 0. The van der Waals surface area contributed by atoms with Crippen LogP contribution in [0.4, 0.5) is 4.39 Å². The van der Waals surface area contributed by atoms with Crippen molar-refractivity contribution in [3.8, 4) is 17.2 Å². The van der Waals surface area contributed by atoms with Gasteiger partial charge in [0, 0.05) is 23.3 Å². The predicted molar refractivity (Wildman–Crippen MR) is 136 cm³/mol. The average Bonchev–Trinajstić information content (AvgIpc) is 2.76. The van der Waals surface area contributed by atoms with E-state index in [2.05, 4.69) is 0 Å². The van der Waals surface area contributed by atoms with Crippen molar-refractivity contribution in [2.75, 3.05) is 19.5 Å². The first-order chi connectivity index (χ1) is 16.7. The molecule has 0 radical (unpaired) electrons. The smallest absolute Gasteiger partial charge is 0.309 e. The van der Waals surface area contributed by atoms with Crippen molar-refractivity contribution in [2.45, 2.75) is 59.2 Å². The molecule has 0 aliphatic heterocycles. The third-order valence-corrected chi connectivity index (χ3v) is 7.81. The highest BCUT2D eigenvalue weighted by molar-refractivity contribution is 7.87. The third kappa shape index (κ3) is 6.02. The summed E-state index contributed by atoms with van der Waals surface area (Å²) in [6.45, 7) is 8.77. The van der Waals surface area contributed by atoms with Gasteiger partial charge in [0.1, 0.15) is 29.7 Å². The number of aliphatic hydroxyl groups excluding tert-OH is 1. The van der Waals surface area contributed by atoms with E-state index in [4.69, 9.17) is 13.7 Å². The van der Waals surface area contributed by atoms with E-state index in [1.165, 1.54) is 31.4 Å². The molecule has 2 aromatic rings. The van der Waals surface area contributed by atoms with Crippen molar-refractivity contribution in [2.24, 2.45) is 5.41 Å². The Morgan fingerprint density at radius 2 is 1.81 bits per heavy atom. The minimum atomic E-state index is -3.76. The molecule has 2 atom stereocenters. The van der Waals surface area contributed by atoms with Crippen LogP contribution in [0.3, 0.4) is 0 Å². The number of aryl methyl sites for hydroxylation is 1. The van der Waals surface area contributed by atoms with E-state index in [0.717, 1.165) is 5.56 Å². The molecule has 0 aromatic heterocycles. The number of methoxy groups -OCH3 is 1. The van der Waals surface area contributed by atoms with E-state index in [1.807, 2.05) is 13.8 Å². The van der Waals surface area contributed by atoms with Gasteiger partial charge in [-0.05, 0) is 61.4 Å². The molecule has 3 rings (SSSR count). The van der Waals surface area contributed by atoms with Crippen LogP contribution in [0.5, 0.6) is 17.2 Å². The molecule has 1 aliphatic carbocycles. The Bertz CT molecular complexity index is 1250. The molecule has 0 saturated heterocycles. The lowest BCUT2D eigenvalue weighted by Crippen LogP contribution is -2.47. The Kier molecular flexibility index (Phi) is 8.07. The second-order valence-electron chi connectivity index (χ2n) is 10.1. The Morgan fingerprint density at radius 1 is 1.11 bits per heavy atom. The first-order valence-electron chi connectivity index (χ1n) is 11.8. The van der Waals surface area contributed by atoms with Crippen LogP contribution >= 0.6 is 0 Å². The maximum Gasteiger partial charge on any atom is 0.309 e. The molecular weight excluding hydrogens is 487 g/mol. The fraction of sp³-hybridized carbons (Fsp3) is 0.481. The zero-order valence-electron chi connectivity index (χ0n) is 21.6. The van der Waals surface area contributed by atoms with Gasteiger partial charge in [0.25, 0.3) is 0 Å². The lowest BCUT2D eigenvalue weighted by atomic mass is 9.64. The van der Waals surface area contributed by atoms with Gasteiger partial charge in [-0.3, -0.25) is 0 Å².